The van der Waals surface area contributed by atoms with E-state index >= 15 is 0 Å². The molecule has 0 spiro atoms. The number of amides is 1. The van der Waals surface area contributed by atoms with E-state index in [2.05, 4.69) is 36.7 Å². The Hall–Kier alpha value is -0.650. The van der Waals surface area contributed by atoms with E-state index in [1.54, 1.807) is 0 Å². The van der Waals surface area contributed by atoms with E-state index in [1.807, 2.05) is 0 Å². The minimum absolute atomic E-state index is 0.0228. The van der Waals surface area contributed by atoms with Crippen molar-refractivity contribution in [1.82, 2.24) is 16.0 Å². The Balaban J connectivity index is 3.18. The van der Waals surface area contributed by atoms with Crippen molar-refractivity contribution in [2.75, 3.05) is 39.4 Å². The fraction of sp³-hybridized carbons (Fsp3) is 0.917. The fourth-order valence-corrected chi connectivity index (χ4v) is 1.22. The van der Waals surface area contributed by atoms with E-state index in [1.165, 1.54) is 0 Å². The van der Waals surface area contributed by atoms with Gasteiger partial charge >= 0.3 is 0 Å². The van der Waals surface area contributed by atoms with Crippen molar-refractivity contribution in [3.63, 3.8) is 0 Å². The molecule has 0 aromatic rings. The van der Waals surface area contributed by atoms with Gasteiger partial charge in [-0.05, 0) is 6.42 Å². The van der Waals surface area contributed by atoms with E-state index < -0.39 is 0 Å². The van der Waals surface area contributed by atoms with Crippen LogP contribution in [-0.2, 0) is 9.53 Å². The number of rotatable bonds is 11. The first-order valence-corrected chi connectivity index (χ1v) is 6.45. The summed E-state index contributed by atoms with van der Waals surface area (Å²) in [7, 11) is 0. The highest BCUT2D eigenvalue weighted by atomic mass is 16.5. The van der Waals surface area contributed by atoms with E-state index in [0.29, 0.717) is 25.7 Å². The van der Waals surface area contributed by atoms with Gasteiger partial charge in [0.1, 0.15) is 0 Å². The molecule has 0 aliphatic rings. The molecule has 1 amide bonds. The van der Waals surface area contributed by atoms with Gasteiger partial charge in [-0.1, -0.05) is 20.8 Å². The van der Waals surface area contributed by atoms with Crippen molar-refractivity contribution in [1.29, 1.82) is 0 Å². The second kappa shape index (κ2) is 11.8. The lowest BCUT2D eigenvalue weighted by atomic mass is 10.4. The third kappa shape index (κ3) is 13.3. The molecular weight excluding hydrogens is 218 g/mol. The van der Waals surface area contributed by atoms with Crippen molar-refractivity contribution in [2.24, 2.45) is 0 Å². The molecule has 0 aliphatic heterocycles. The SMILES string of the molecule is CCCOCCNC(=O)CNCCNC(C)C. The lowest BCUT2D eigenvalue weighted by Gasteiger charge is -2.09. The van der Waals surface area contributed by atoms with Crippen molar-refractivity contribution in [3.05, 3.63) is 0 Å². The van der Waals surface area contributed by atoms with E-state index in [-0.39, 0.29) is 5.91 Å². The summed E-state index contributed by atoms with van der Waals surface area (Å²) < 4.78 is 5.26. The minimum atomic E-state index is 0.0228. The van der Waals surface area contributed by atoms with Crippen molar-refractivity contribution in [3.8, 4) is 0 Å². The molecule has 0 aliphatic carbocycles. The van der Waals surface area contributed by atoms with Gasteiger partial charge in [-0.15, -0.1) is 0 Å². The van der Waals surface area contributed by atoms with Crippen LogP contribution < -0.4 is 16.0 Å². The number of carbonyl (C=O) groups is 1. The Kier molecular flexibility index (Phi) is 11.4. The molecule has 3 N–H and O–H groups in total. The number of nitrogens with one attached hydrogen (secondary N) is 3. The van der Waals surface area contributed by atoms with Crippen molar-refractivity contribution >= 4 is 5.91 Å². The van der Waals surface area contributed by atoms with Crippen LogP contribution in [0.3, 0.4) is 0 Å². The lowest BCUT2D eigenvalue weighted by molar-refractivity contribution is -0.120. The standard InChI is InChI=1S/C12H27N3O2/c1-4-8-17-9-7-15-12(16)10-13-5-6-14-11(2)3/h11,13-14H,4-10H2,1-3H3,(H,15,16). The molecule has 17 heavy (non-hydrogen) atoms. The Morgan fingerprint density at radius 3 is 2.59 bits per heavy atom. The largest absolute Gasteiger partial charge is 0.380 e. The second-order valence-electron chi connectivity index (χ2n) is 4.25. The van der Waals surface area contributed by atoms with E-state index in [4.69, 9.17) is 4.74 Å². The fourth-order valence-electron chi connectivity index (χ4n) is 1.22. The highest BCUT2D eigenvalue weighted by Crippen LogP contribution is 1.78. The van der Waals surface area contributed by atoms with Gasteiger partial charge < -0.3 is 20.7 Å². The van der Waals surface area contributed by atoms with Crippen molar-refractivity contribution < 1.29 is 9.53 Å². The maximum atomic E-state index is 11.3. The van der Waals surface area contributed by atoms with Crippen LogP contribution >= 0.6 is 0 Å². The maximum absolute atomic E-state index is 11.3. The Bertz CT molecular complexity index is 187. The first-order valence-electron chi connectivity index (χ1n) is 6.45. The smallest absolute Gasteiger partial charge is 0.234 e. The number of hydrogen-bond donors (Lipinski definition) is 3. The average molecular weight is 245 g/mol. The molecule has 0 bridgehead atoms. The van der Waals surface area contributed by atoms with Gasteiger partial charge in [0.05, 0.1) is 13.2 Å². The van der Waals surface area contributed by atoms with Crippen LogP contribution in [0.5, 0.6) is 0 Å². The summed E-state index contributed by atoms with van der Waals surface area (Å²) >= 11 is 0. The second-order valence-corrected chi connectivity index (χ2v) is 4.25. The van der Waals surface area contributed by atoms with Gasteiger partial charge in [0.15, 0.2) is 0 Å². The third-order valence-electron chi connectivity index (χ3n) is 2.06. The molecule has 0 fully saturated rings. The Labute approximate surface area is 105 Å². The van der Waals surface area contributed by atoms with Gasteiger partial charge in [0.2, 0.25) is 5.91 Å². The Morgan fingerprint density at radius 2 is 1.94 bits per heavy atom. The normalized spacial score (nSPS) is 10.8. The summed E-state index contributed by atoms with van der Waals surface area (Å²) in [6, 6.07) is 0.487. The molecule has 0 saturated heterocycles. The zero-order chi connectivity index (χ0) is 12.9. The summed E-state index contributed by atoms with van der Waals surface area (Å²) in [5, 5.41) is 9.14. The van der Waals surface area contributed by atoms with Crippen molar-refractivity contribution in [2.45, 2.75) is 33.2 Å². The van der Waals surface area contributed by atoms with Gasteiger partial charge in [-0.25, -0.2) is 0 Å². The van der Waals surface area contributed by atoms with Crippen LogP contribution in [-0.4, -0.2) is 51.3 Å². The zero-order valence-corrected chi connectivity index (χ0v) is 11.3. The van der Waals surface area contributed by atoms with Crippen LogP contribution in [0.25, 0.3) is 0 Å². The predicted octanol–water partition coefficient (Wildman–Crippen LogP) is 0.117. The molecule has 0 radical (unpaired) electrons. The monoisotopic (exact) mass is 245 g/mol. The van der Waals surface area contributed by atoms with Gasteiger partial charge in [-0.3, -0.25) is 4.79 Å². The van der Waals surface area contributed by atoms with Gasteiger partial charge in [0, 0.05) is 32.3 Å². The van der Waals surface area contributed by atoms with Crippen LogP contribution in [0.4, 0.5) is 0 Å². The minimum Gasteiger partial charge on any atom is -0.380 e. The summed E-state index contributed by atoms with van der Waals surface area (Å²) in [5.41, 5.74) is 0. The van der Waals surface area contributed by atoms with Crippen LogP contribution in [0, 0.1) is 0 Å². The van der Waals surface area contributed by atoms with Gasteiger partial charge in [0.25, 0.3) is 0 Å². The molecule has 0 rings (SSSR count). The molecule has 5 heteroatoms. The molecule has 0 aromatic carbocycles. The zero-order valence-electron chi connectivity index (χ0n) is 11.3. The third-order valence-corrected chi connectivity index (χ3v) is 2.06. The topological polar surface area (TPSA) is 62.4 Å². The number of ether oxygens (including phenoxy) is 1. The first kappa shape index (κ1) is 16.4. The van der Waals surface area contributed by atoms with Crippen LogP contribution in [0.15, 0.2) is 0 Å². The number of carbonyl (C=O) groups excluding carboxylic acids is 1. The molecule has 0 heterocycles. The Morgan fingerprint density at radius 1 is 1.18 bits per heavy atom. The van der Waals surface area contributed by atoms with Gasteiger partial charge in [-0.2, -0.15) is 0 Å². The lowest BCUT2D eigenvalue weighted by Crippen LogP contribution is -2.39. The summed E-state index contributed by atoms with van der Waals surface area (Å²) in [4.78, 5) is 11.3. The van der Waals surface area contributed by atoms with Crippen LogP contribution in [0.1, 0.15) is 27.2 Å². The molecule has 0 atom stereocenters. The van der Waals surface area contributed by atoms with Crippen LogP contribution in [0.2, 0.25) is 0 Å². The molecule has 0 aromatic heterocycles. The average Bonchev–Trinajstić information content (AvgIpc) is 2.28. The number of hydrogen-bond acceptors (Lipinski definition) is 4. The maximum Gasteiger partial charge on any atom is 0.234 e. The first-order chi connectivity index (χ1) is 8.16. The van der Waals surface area contributed by atoms with E-state index in [0.717, 1.165) is 26.1 Å². The highest BCUT2D eigenvalue weighted by Gasteiger charge is 1.99. The molecule has 5 nitrogen and oxygen atoms in total. The summed E-state index contributed by atoms with van der Waals surface area (Å²) in [5.74, 6) is 0.0228. The molecule has 0 saturated carbocycles. The quantitative estimate of drug-likeness (QED) is 0.452. The molecule has 0 unspecified atom stereocenters. The summed E-state index contributed by atoms with van der Waals surface area (Å²) in [6.07, 6.45) is 1.01. The highest BCUT2D eigenvalue weighted by molar-refractivity contribution is 5.77. The van der Waals surface area contributed by atoms with E-state index in [9.17, 15) is 4.79 Å². The summed E-state index contributed by atoms with van der Waals surface area (Å²) in [6.45, 7) is 10.3. The predicted molar refractivity (Wildman–Crippen MR) is 70.1 cm³/mol. The molecular formula is C12H27N3O2. The molecule has 102 valence electrons.